The summed E-state index contributed by atoms with van der Waals surface area (Å²) < 4.78 is 4.11. The molecular weight excluding hydrogens is 687 g/mol. The van der Waals surface area contributed by atoms with E-state index in [4.69, 9.17) is 15.3 Å². The van der Waals surface area contributed by atoms with Gasteiger partial charge in [0.15, 0.2) is 5.78 Å². The van der Waals surface area contributed by atoms with Crippen molar-refractivity contribution in [3.63, 3.8) is 0 Å². The van der Waals surface area contributed by atoms with Gasteiger partial charge in [-0.25, -0.2) is 9.35 Å². The third-order valence-corrected chi connectivity index (χ3v) is 8.54. The minimum absolute atomic E-state index is 0. The van der Waals surface area contributed by atoms with Gasteiger partial charge in [0.2, 0.25) is 0 Å². The number of hydrogen-bond donors (Lipinski definition) is 1. The molecule has 0 unspecified atom stereocenters. The van der Waals surface area contributed by atoms with Gasteiger partial charge in [-0.3, -0.25) is 4.79 Å². The van der Waals surface area contributed by atoms with E-state index in [9.17, 15) is 4.79 Å². The van der Waals surface area contributed by atoms with Crippen LogP contribution in [0.5, 0.6) is 0 Å². The van der Waals surface area contributed by atoms with Crippen LogP contribution in [-0.4, -0.2) is 31.7 Å². The van der Waals surface area contributed by atoms with Crippen LogP contribution < -0.4 is 0 Å². The maximum Gasteiger partial charge on any atom is 0.155 e. The molecule has 0 aliphatic rings. The summed E-state index contributed by atoms with van der Waals surface area (Å²) in [6, 6.07) is 43.1. The van der Waals surface area contributed by atoms with Crippen molar-refractivity contribution in [2.45, 2.75) is 55.4 Å². The molecule has 0 fully saturated rings. The van der Waals surface area contributed by atoms with E-state index in [2.05, 4.69) is 158 Å². The van der Waals surface area contributed by atoms with Crippen molar-refractivity contribution in [3.05, 3.63) is 155 Å². The van der Waals surface area contributed by atoms with E-state index in [1.54, 1.807) is 0 Å². The first-order valence-corrected chi connectivity index (χ1v) is 17.1. The second-order valence-corrected chi connectivity index (χ2v) is 13.1. The maximum absolute atomic E-state index is 10.0. The van der Waals surface area contributed by atoms with Crippen molar-refractivity contribution in [1.82, 2.24) is 9.35 Å². The number of allylic oxidation sites excluding steroid dienone is 2. The minimum Gasteiger partial charge on any atom is -0.512 e. The Balaban J connectivity index is 0.000000688. The topological polar surface area (TPSA) is 71.9 Å². The molecule has 2 aromatic heterocycles. The van der Waals surface area contributed by atoms with E-state index in [-0.39, 0.29) is 28.0 Å². The van der Waals surface area contributed by atoms with Crippen molar-refractivity contribution in [1.29, 1.82) is 0 Å². The molecule has 2 heterocycles. The predicted octanol–water partition coefficient (Wildman–Crippen LogP) is 11.4. The van der Waals surface area contributed by atoms with Crippen LogP contribution in [0.1, 0.15) is 49.9 Å². The zero-order valence-corrected chi connectivity index (χ0v) is 32.1. The van der Waals surface area contributed by atoms with Gasteiger partial charge in [-0.2, -0.15) is 10.2 Å². The van der Waals surface area contributed by atoms with Crippen LogP contribution in [0.4, 0.5) is 0 Å². The molecule has 0 bridgehead atoms. The molecule has 0 aliphatic carbocycles. The summed E-state index contributed by atoms with van der Waals surface area (Å²) in [5.74, 6) is -0.0625. The molecule has 0 atom stereocenters. The number of benzene rings is 4. The fourth-order valence-electron chi connectivity index (χ4n) is 5.58. The average Bonchev–Trinajstić information content (AvgIpc) is 3.70. The Kier molecular flexibility index (Phi) is 13.3. The number of carbonyl (C=O) groups is 1. The predicted molar refractivity (Wildman–Crippen MR) is 214 cm³/mol. The summed E-state index contributed by atoms with van der Waals surface area (Å²) >= 11 is 0. The van der Waals surface area contributed by atoms with Gasteiger partial charge < -0.3 is 5.11 Å². The maximum atomic E-state index is 10.0. The van der Waals surface area contributed by atoms with Gasteiger partial charge in [0.1, 0.15) is 0 Å². The second-order valence-electron chi connectivity index (χ2n) is 13.1. The van der Waals surface area contributed by atoms with Gasteiger partial charge in [0.25, 0.3) is 0 Å². The van der Waals surface area contributed by atoms with E-state index in [0.717, 1.165) is 56.5 Å². The fourth-order valence-corrected chi connectivity index (χ4v) is 5.58. The first-order chi connectivity index (χ1) is 24.4. The van der Waals surface area contributed by atoms with Crippen LogP contribution in [-0.2, 0) is 21.3 Å². The zero-order valence-electron chi connectivity index (χ0n) is 31.1. The minimum atomic E-state index is -0.125. The van der Waals surface area contributed by atoms with Crippen molar-refractivity contribution in [2.24, 2.45) is 10.2 Å². The Hall–Kier alpha value is -5.52. The number of aryl methyl sites for hydroxylation is 4. The molecule has 1 N–H and O–H groups in total. The van der Waals surface area contributed by atoms with Crippen molar-refractivity contribution in [3.8, 4) is 45.0 Å². The number of nitrogens with zero attached hydrogens (tertiary/aromatic N) is 4. The summed E-state index contributed by atoms with van der Waals surface area (Å²) in [4.78, 5) is 10.0. The number of aliphatic hydroxyl groups excluding tert-OH is 1. The molecule has 6 nitrogen and oxygen atoms in total. The van der Waals surface area contributed by atoms with Gasteiger partial charge >= 0.3 is 0 Å². The third-order valence-electron chi connectivity index (χ3n) is 8.54. The van der Waals surface area contributed by atoms with Crippen molar-refractivity contribution in [2.75, 3.05) is 0 Å². The summed E-state index contributed by atoms with van der Waals surface area (Å²) in [5.41, 5.74) is 15.2. The number of rotatable bonds is 8. The molecule has 0 spiro atoms. The van der Waals surface area contributed by atoms with E-state index >= 15 is 0 Å². The molecule has 52 heavy (non-hydrogen) atoms. The first kappa shape index (κ1) is 39.3. The number of aromatic nitrogens is 2. The molecule has 0 saturated heterocycles. The second kappa shape index (κ2) is 17.6. The van der Waals surface area contributed by atoms with Crippen LogP contribution in [0.15, 0.2) is 143 Å². The molecule has 6 aromatic rings. The summed E-state index contributed by atoms with van der Waals surface area (Å²) in [6.07, 6.45) is 1.17. The molecule has 4 aromatic carbocycles. The quantitative estimate of drug-likeness (QED) is 0.0732. The van der Waals surface area contributed by atoms with E-state index < -0.39 is 0 Å². The van der Waals surface area contributed by atoms with Crippen LogP contribution in [0.25, 0.3) is 45.0 Å². The fraction of sp³-hybridized carbons (Fsp3) is 0.178. The zero-order chi connectivity index (χ0) is 36.7. The van der Waals surface area contributed by atoms with E-state index in [1.807, 2.05) is 13.8 Å². The standard InChI is InChI=1S/C40H38N4.C5H8O2.Ni/c1-27-7-15-33(16-8-27)37-23-24-38(34-17-9-28(2)10-18-34)43(37)41-31(5)32(6)42-44-39(35-19-11-29(3)12-20-35)25-26-40(44)36-21-13-30(4)14-22-36;1-4(6)3-5(2)7;/h7-26H,1-6H3;3,6H,1-2H3;. The Bertz CT molecular complexity index is 1940. The molecule has 0 saturated carbocycles. The summed E-state index contributed by atoms with van der Waals surface area (Å²) in [7, 11) is 0. The van der Waals surface area contributed by atoms with Gasteiger partial charge in [0, 0.05) is 44.8 Å². The summed E-state index contributed by atoms with van der Waals surface area (Å²) in [5, 5.41) is 18.8. The Morgan fingerprint density at radius 1 is 0.462 bits per heavy atom. The van der Waals surface area contributed by atoms with Gasteiger partial charge in [-0.05, 0) is 79.7 Å². The largest absolute Gasteiger partial charge is 0.512 e. The molecule has 0 aliphatic heterocycles. The molecule has 0 radical (unpaired) electrons. The Morgan fingerprint density at radius 2 is 0.692 bits per heavy atom. The SMILES string of the molecule is CC(=Nn1c(-c2ccc(C)cc2)ccc1-c1ccc(C)cc1)C(C)=Nn1c(-c2ccc(C)cc2)ccc1-c1ccc(C)cc1.CC(=O)C=C(C)O.[Ni]. The number of aliphatic hydroxyl groups is 1. The summed E-state index contributed by atoms with van der Waals surface area (Å²) in [6.45, 7) is 15.4. The molecule has 7 heteroatoms. The van der Waals surface area contributed by atoms with Crippen LogP contribution in [0.2, 0.25) is 0 Å². The van der Waals surface area contributed by atoms with Gasteiger partial charge in [-0.15, -0.1) is 0 Å². The molecular formula is C45H46N4NiO2. The normalized spacial score (nSPS) is 11.8. The van der Waals surface area contributed by atoms with E-state index in [0.29, 0.717) is 0 Å². The van der Waals surface area contributed by atoms with Crippen LogP contribution in [0, 0.1) is 27.7 Å². The van der Waals surface area contributed by atoms with Gasteiger partial charge in [-0.1, -0.05) is 119 Å². The van der Waals surface area contributed by atoms with Gasteiger partial charge in [0.05, 0.1) is 40.0 Å². The van der Waals surface area contributed by atoms with Crippen molar-refractivity contribution >= 4 is 17.2 Å². The average molecular weight is 734 g/mol. The molecule has 6 rings (SSSR count). The number of carbonyl (C=O) groups excluding carboxylic acids is 1. The smallest absolute Gasteiger partial charge is 0.155 e. The number of ketones is 1. The molecule has 0 amide bonds. The Morgan fingerprint density at radius 3 is 0.865 bits per heavy atom. The molecule has 268 valence electrons. The van der Waals surface area contributed by atoms with E-state index in [1.165, 1.54) is 42.2 Å². The third kappa shape index (κ3) is 9.83. The van der Waals surface area contributed by atoms with Crippen LogP contribution in [0.3, 0.4) is 0 Å². The Labute approximate surface area is 317 Å². The number of hydrogen-bond acceptors (Lipinski definition) is 4. The van der Waals surface area contributed by atoms with Crippen molar-refractivity contribution < 1.29 is 26.4 Å². The van der Waals surface area contributed by atoms with Crippen LogP contribution >= 0.6 is 0 Å². The first-order valence-electron chi connectivity index (χ1n) is 17.1. The monoisotopic (exact) mass is 732 g/mol.